The minimum Gasteiger partial charge on any atom is -0.463 e. The monoisotopic (exact) mass is 448 g/mol. The Kier molecular flexibility index (Phi) is 5.44. The van der Waals surface area contributed by atoms with Crippen molar-refractivity contribution in [3.05, 3.63) is 59.7 Å². The van der Waals surface area contributed by atoms with Crippen LogP contribution in [0.15, 0.2) is 48.5 Å². The van der Waals surface area contributed by atoms with Crippen LogP contribution in [-0.2, 0) is 14.3 Å². The highest BCUT2D eigenvalue weighted by Gasteiger charge is 2.52. The van der Waals surface area contributed by atoms with Gasteiger partial charge in [-0.1, -0.05) is 48.5 Å². The molecule has 6 heteroatoms. The van der Waals surface area contributed by atoms with Gasteiger partial charge in [-0.3, -0.25) is 10.1 Å². The number of hydrogen-bond donors (Lipinski definition) is 1. The van der Waals surface area contributed by atoms with Crippen molar-refractivity contribution < 1.29 is 19.1 Å². The van der Waals surface area contributed by atoms with Gasteiger partial charge < -0.3 is 14.4 Å². The van der Waals surface area contributed by atoms with Crippen LogP contribution in [0.25, 0.3) is 11.1 Å². The third-order valence-corrected chi connectivity index (χ3v) is 6.93. The van der Waals surface area contributed by atoms with Crippen molar-refractivity contribution in [1.29, 1.82) is 0 Å². The van der Waals surface area contributed by atoms with Gasteiger partial charge in [0, 0.05) is 25.0 Å². The zero-order valence-corrected chi connectivity index (χ0v) is 19.6. The van der Waals surface area contributed by atoms with Crippen LogP contribution in [-0.4, -0.2) is 53.8 Å². The molecule has 1 unspecified atom stereocenters. The van der Waals surface area contributed by atoms with E-state index in [-0.39, 0.29) is 24.0 Å². The minimum absolute atomic E-state index is 0.0544. The molecule has 1 heterocycles. The van der Waals surface area contributed by atoms with E-state index in [0.717, 1.165) is 19.3 Å². The van der Waals surface area contributed by atoms with Crippen molar-refractivity contribution in [2.75, 3.05) is 19.7 Å². The van der Waals surface area contributed by atoms with Crippen LogP contribution in [0.3, 0.4) is 0 Å². The summed E-state index contributed by atoms with van der Waals surface area (Å²) in [5.41, 5.74) is 3.75. The summed E-state index contributed by atoms with van der Waals surface area (Å²) in [5.74, 6) is -0.126. The molecule has 2 aliphatic carbocycles. The fraction of sp³-hybridized carbons (Fsp3) is 0.481. The Morgan fingerprint density at radius 1 is 1.03 bits per heavy atom. The lowest BCUT2D eigenvalue weighted by Crippen LogP contribution is -2.58. The first-order chi connectivity index (χ1) is 15.8. The van der Waals surface area contributed by atoms with E-state index in [9.17, 15) is 9.59 Å². The highest BCUT2D eigenvalue weighted by Crippen LogP contribution is 2.45. The summed E-state index contributed by atoms with van der Waals surface area (Å²) in [6, 6.07) is 16.8. The molecule has 0 spiro atoms. The van der Waals surface area contributed by atoms with Crippen molar-refractivity contribution in [3.63, 3.8) is 0 Å². The highest BCUT2D eigenvalue weighted by molar-refractivity contribution is 5.85. The molecule has 33 heavy (non-hydrogen) atoms. The molecule has 0 radical (unpaired) electrons. The number of carbonyl (C=O) groups is 2. The van der Waals surface area contributed by atoms with Crippen molar-refractivity contribution in [1.82, 2.24) is 10.2 Å². The predicted octanol–water partition coefficient (Wildman–Crippen LogP) is 4.47. The average molecular weight is 449 g/mol. The third-order valence-electron chi connectivity index (χ3n) is 6.93. The molecule has 1 N–H and O–H groups in total. The van der Waals surface area contributed by atoms with Crippen LogP contribution in [0.5, 0.6) is 0 Å². The zero-order valence-electron chi connectivity index (χ0n) is 19.6. The number of fused-ring (bicyclic) bond motifs is 3. The van der Waals surface area contributed by atoms with Gasteiger partial charge in [0.05, 0.1) is 0 Å². The van der Waals surface area contributed by atoms with Gasteiger partial charge in [0.2, 0.25) is 0 Å². The lowest BCUT2D eigenvalue weighted by Gasteiger charge is -2.42. The summed E-state index contributed by atoms with van der Waals surface area (Å²) in [4.78, 5) is 27.1. The number of ether oxygens (including phenoxy) is 2. The summed E-state index contributed by atoms with van der Waals surface area (Å²) in [7, 11) is 0. The second kappa shape index (κ2) is 8.17. The molecule has 3 aliphatic rings. The SMILES string of the molecule is CC(C)(C)OC(=O)N1CCC1CNC1(C(=O)OCC2c3ccccc3-c3ccccc32)CC1. The van der Waals surface area contributed by atoms with Gasteiger partial charge in [-0.25, -0.2) is 4.79 Å². The number of amides is 1. The number of benzene rings is 2. The van der Waals surface area contributed by atoms with Crippen LogP contribution < -0.4 is 5.32 Å². The third kappa shape index (κ3) is 4.24. The van der Waals surface area contributed by atoms with Crippen LogP contribution in [0, 0.1) is 0 Å². The molecule has 0 aromatic heterocycles. The molecule has 2 aromatic carbocycles. The van der Waals surface area contributed by atoms with Crippen LogP contribution in [0.1, 0.15) is 57.1 Å². The predicted molar refractivity (Wildman–Crippen MR) is 126 cm³/mol. The van der Waals surface area contributed by atoms with Crippen molar-refractivity contribution in [2.45, 2.75) is 63.1 Å². The number of likely N-dealkylation sites (tertiary alicyclic amines) is 1. The highest BCUT2D eigenvalue weighted by atomic mass is 16.6. The summed E-state index contributed by atoms with van der Waals surface area (Å²) >= 11 is 0. The number of hydrogen-bond acceptors (Lipinski definition) is 5. The Bertz CT molecular complexity index is 1020. The number of nitrogens with one attached hydrogen (secondary N) is 1. The van der Waals surface area contributed by atoms with E-state index in [1.54, 1.807) is 4.90 Å². The topological polar surface area (TPSA) is 67.9 Å². The molecule has 1 saturated heterocycles. The number of rotatable bonds is 6. The van der Waals surface area contributed by atoms with E-state index in [1.165, 1.54) is 22.3 Å². The second-order valence-electron chi connectivity index (χ2n) is 10.4. The zero-order chi connectivity index (χ0) is 23.2. The maximum Gasteiger partial charge on any atom is 0.410 e. The van der Waals surface area contributed by atoms with E-state index in [1.807, 2.05) is 45.0 Å². The average Bonchev–Trinajstić information content (AvgIpc) is 3.47. The Labute approximate surface area is 195 Å². The van der Waals surface area contributed by atoms with Crippen LogP contribution in [0.4, 0.5) is 4.79 Å². The summed E-state index contributed by atoms with van der Waals surface area (Å²) in [5, 5.41) is 3.41. The van der Waals surface area contributed by atoms with Crippen molar-refractivity contribution in [2.24, 2.45) is 0 Å². The first kappa shape index (κ1) is 22.0. The van der Waals surface area contributed by atoms with E-state index >= 15 is 0 Å². The van der Waals surface area contributed by atoms with Gasteiger partial charge in [0.1, 0.15) is 17.7 Å². The van der Waals surface area contributed by atoms with Gasteiger partial charge in [0.15, 0.2) is 0 Å². The lowest BCUT2D eigenvalue weighted by atomic mass is 9.98. The molecule has 2 fully saturated rings. The fourth-order valence-corrected chi connectivity index (χ4v) is 4.84. The largest absolute Gasteiger partial charge is 0.463 e. The second-order valence-corrected chi connectivity index (χ2v) is 10.4. The Hall–Kier alpha value is -2.86. The van der Waals surface area contributed by atoms with Crippen molar-refractivity contribution >= 4 is 12.1 Å². The normalized spacial score (nSPS) is 20.5. The molecule has 1 amide bonds. The first-order valence-electron chi connectivity index (χ1n) is 11.9. The quantitative estimate of drug-likeness (QED) is 0.661. The molecular formula is C27H32N2O4. The smallest absolute Gasteiger partial charge is 0.410 e. The van der Waals surface area contributed by atoms with E-state index in [4.69, 9.17) is 9.47 Å². The molecule has 1 atom stereocenters. The molecule has 2 aromatic rings. The maximum absolute atomic E-state index is 13.0. The van der Waals surface area contributed by atoms with Gasteiger partial charge in [0.25, 0.3) is 0 Å². The van der Waals surface area contributed by atoms with Crippen molar-refractivity contribution in [3.8, 4) is 11.1 Å². The van der Waals surface area contributed by atoms with E-state index in [2.05, 4.69) is 29.6 Å². The van der Waals surface area contributed by atoms with Crippen LogP contribution in [0.2, 0.25) is 0 Å². The van der Waals surface area contributed by atoms with Gasteiger partial charge in [-0.15, -0.1) is 0 Å². The van der Waals surface area contributed by atoms with Gasteiger partial charge in [-0.2, -0.15) is 0 Å². The van der Waals surface area contributed by atoms with Gasteiger partial charge >= 0.3 is 12.1 Å². The Morgan fingerprint density at radius 2 is 1.64 bits per heavy atom. The number of esters is 1. The lowest BCUT2D eigenvalue weighted by molar-refractivity contribution is -0.147. The summed E-state index contributed by atoms with van der Waals surface area (Å²) in [6.45, 7) is 7.21. The Morgan fingerprint density at radius 3 is 2.15 bits per heavy atom. The number of carbonyl (C=O) groups excluding carboxylic acids is 2. The summed E-state index contributed by atoms with van der Waals surface area (Å²) in [6.07, 6.45) is 2.16. The standard InChI is InChI=1S/C27H32N2O4/c1-26(2,3)33-25(31)29-15-12-18(29)16-28-27(13-14-27)24(30)32-17-23-21-10-6-4-8-19(21)20-9-5-7-11-22(20)23/h4-11,18,23,28H,12-17H2,1-3H3. The molecule has 174 valence electrons. The van der Waals surface area contributed by atoms with E-state index < -0.39 is 11.1 Å². The fourth-order valence-electron chi connectivity index (χ4n) is 4.84. The molecule has 5 rings (SSSR count). The van der Waals surface area contributed by atoms with E-state index in [0.29, 0.717) is 19.7 Å². The maximum atomic E-state index is 13.0. The summed E-state index contributed by atoms with van der Waals surface area (Å²) < 4.78 is 11.4. The van der Waals surface area contributed by atoms with Crippen LogP contribution >= 0.6 is 0 Å². The molecule has 1 aliphatic heterocycles. The first-order valence-corrected chi connectivity index (χ1v) is 11.9. The number of nitrogens with zero attached hydrogens (tertiary/aromatic N) is 1. The minimum atomic E-state index is -0.618. The molecule has 6 nitrogen and oxygen atoms in total. The van der Waals surface area contributed by atoms with Gasteiger partial charge in [-0.05, 0) is 62.3 Å². The molecular weight excluding hydrogens is 416 g/mol. The molecule has 0 bridgehead atoms. The molecule has 1 saturated carbocycles. The Balaban J connectivity index is 1.18.